The molecule has 1 aromatic rings. The van der Waals surface area contributed by atoms with Crippen LogP contribution < -0.4 is 10.6 Å². The van der Waals surface area contributed by atoms with Gasteiger partial charge in [-0.1, -0.05) is 12.1 Å². The summed E-state index contributed by atoms with van der Waals surface area (Å²) in [5, 5.41) is 6.15. The molecule has 1 atom stereocenters. The molecule has 6 nitrogen and oxygen atoms in total. The highest BCUT2D eigenvalue weighted by molar-refractivity contribution is 7.99. The Morgan fingerprint density at radius 2 is 1.90 bits per heavy atom. The molecule has 3 fully saturated rings. The van der Waals surface area contributed by atoms with Crippen molar-refractivity contribution in [2.75, 3.05) is 56.1 Å². The molecule has 1 unspecified atom stereocenters. The van der Waals surface area contributed by atoms with Crippen LogP contribution in [0.4, 0.5) is 5.69 Å². The first-order chi connectivity index (χ1) is 14.7. The summed E-state index contributed by atoms with van der Waals surface area (Å²) in [7, 11) is 0. The average Bonchev–Trinajstić information content (AvgIpc) is 3.58. The predicted octanol–water partition coefficient (Wildman–Crippen LogP) is 2.41. The van der Waals surface area contributed by atoms with Gasteiger partial charge in [-0.15, -0.1) is 0 Å². The summed E-state index contributed by atoms with van der Waals surface area (Å²) >= 11 is 2.02. The SMILES string of the molecule is O=C(CN1CCCC(C(=O)NCC2CC2)C1)Nc1cccc(CN2CCSCC2)c1. The topological polar surface area (TPSA) is 64.7 Å². The minimum Gasteiger partial charge on any atom is -0.356 e. The first-order valence-corrected chi connectivity index (χ1v) is 12.5. The molecule has 4 rings (SSSR count). The summed E-state index contributed by atoms with van der Waals surface area (Å²) in [5.41, 5.74) is 2.10. The van der Waals surface area contributed by atoms with Crippen LogP contribution in [0.5, 0.6) is 0 Å². The van der Waals surface area contributed by atoms with Crippen molar-refractivity contribution in [3.8, 4) is 0 Å². The van der Waals surface area contributed by atoms with Gasteiger partial charge in [0.25, 0.3) is 0 Å². The maximum absolute atomic E-state index is 12.6. The zero-order valence-corrected chi connectivity index (χ0v) is 18.6. The number of nitrogens with one attached hydrogen (secondary N) is 2. The van der Waals surface area contributed by atoms with Crippen molar-refractivity contribution in [3.63, 3.8) is 0 Å². The number of nitrogens with zero attached hydrogens (tertiary/aromatic N) is 2. The van der Waals surface area contributed by atoms with E-state index in [0.29, 0.717) is 19.0 Å². The normalized spacial score (nSPS) is 23.1. The maximum Gasteiger partial charge on any atom is 0.238 e. The third kappa shape index (κ3) is 6.72. The summed E-state index contributed by atoms with van der Waals surface area (Å²) in [6.07, 6.45) is 4.38. The van der Waals surface area contributed by atoms with Crippen LogP contribution in [-0.4, -0.2) is 72.4 Å². The summed E-state index contributed by atoms with van der Waals surface area (Å²) in [5.74, 6) is 3.27. The van der Waals surface area contributed by atoms with Crippen molar-refractivity contribution in [1.29, 1.82) is 0 Å². The zero-order chi connectivity index (χ0) is 20.8. The molecule has 2 saturated heterocycles. The highest BCUT2D eigenvalue weighted by atomic mass is 32.2. The number of likely N-dealkylation sites (tertiary alicyclic amines) is 1. The van der Waals surface area contributed by atoms with Gasteiger partial charge in [0.15, 0.2) is 0 Å². The second-order valence-corrected chi connectivity index (χ2v) is 10.1. The highest BCUT2D eigenvalue weighted by Crippen LogP contribution is 2.28. The fraction of sp³-hybridized carbons (Fsp3) is 0.652. The van der Waals surface area contributed by atoms with Gasteiger partial charge in [0.2, 0.25) is 11.8 Å². The van der Waals surface area contributed by atoms with Crippen LogP contribution >= 0.6 is 11.8 Å². The van der Waals surface area contributed by atoms with Crippen molar-refractivity contribution in [2.45, 2.75) is 32.2 Å². The number of thioether (sulfide) groups is 1. The van der Waals surface area contributed by atoms with Crippen molar-refractivity contribution >= 4 is 29.3 Å². The molecule has 1 aromatic carbocycles. The number of hydrogen-bond acceptors (Lipinski definition) is 5. The lowest BCUT2D eigenvalue weighted by molar-refractivity contribution is -0.128. The summed E-state index contributed by atoms with van der Waals surface area (Å²) in [4.78, 5) is 29.6. The van der Waals surface area contributed by atoms with Gasteiger partial charge in [0.05, 0.1) is 12.5 Å². The number of benzene rings is 1. The minimum atomic E-state index is 0.000520. The molecule has 0 bridgehead atoms. The second-order valence-electron chi connectivity index (χ2n) is 8.90. The Morgan fingerprint density at radius 1 is 1.07 bits per heavy atom. The Kier molecular flexibility index (Phi) is 7.68. The number of rotatable bonds is 8. The molecule has 2 aliphatic heterocycles. The molecular formula is C23H34N4O2S. The van der Waals surface area contributed by atoms with Crippen LogP contribution in [0.2, 0.25) is 0 Å². The Bertz CT molecular complexity index is 734. The number of carbonyl (C=O) groups is 2. The summed E-state index contributed by atoms with van der Waals surface area (Å²) < 4.78 is 0. The lowest BCUT2D eigenvalue weighted by Gasteiger charge is -2.31. The molecule has 2 amide bonds. The molecule has 0 aromatic heterocycles. The van der Waals surface area contributed by atoms with Gasteiger partial charge < -0.3 is 10.6 Å². The van der Waals surface area contributed by atoms with Gasteiger partial charge in [-0.3, -0.25) is 19.4 Å². The Morgan fingerprint density at radius 3 is 2.70 bits per heavy atom. The standard InChI is InChI=1S/C23H34N4O2S/c28-22(17-27-8-2-4-20(16-27)23(29)24-14-18-6-7-18)25-21-5-1-3-19(13-21)15-26-9-11-30-12-10-26/h1,3,5,13,18,20H,2,4,6-12,14-17H2,(H,24,29)(H,25,28). The number of carbonyl (C=O) groups excluding carboxylic acids is 2. The van der Waals surface area contributed by atoms with Crippen LogP contribution in [0.25, 0.3) is 0 Å². The first-order valence-electron chi connectivity index (χ1n) is 11.3. The lowest BCUT2D eigenvalue weighted by Crippen LogP contribution is -2.45. The van der Waals surface area contributed by atoms with Gasteiger partial charge in [-0.25, -0.2) is 0 Å². The molecule has 3 aliphatic rings. The Balaban J connectivity index is 1.23. The van der Waals surface area contributed by atoms with Gasteiger partial charge >= 0.3 is 0 Å². The third-order valence-electron chi connectivity index (χ3n) is 6.23. The van der Waals surface area contributed by atoms with Crippen molar-refractivity contribution < 1.29 is 9.59 Å². The van der Waals surface area contributed by atoms with Gasteiger partial charge in [0.1, 0.15) is 0 Å². The van der Waals surface area contributed by atoms with Crippen molar-refractivity contribution in [1.82, 2.24) is 15.1 Å². The molecule has 2 heterocycles. The molecule has 0 spiro atoms. The molecule has 164 valence electrons. The van der Waals surface area contributed by atoms with Crippen LogP contribution in [-0.2, 0) is 16.1 Å². The van der Waals surface area contributed by atoms with Crippen LogP contribution in [0.1, 0.15) is 31.2 Å². The summed E-state index contributed by atoms with van der Waals surface area (Å²) in [6, 6.07) is 8.19. The van der Waals surface area contributed by atoms with E-state index >= 15 is 0 Å². The van der Waals surface area contributed by atoms with E-state index in [1.54, 1.807) is 0 Å². The molecular weight excluding hydrogens is 396 g/mol. The maximum atomic E-state index is 12.6. The number of amides is 2. The molecule has 30 heavy (non-hydrogen) atoms. The van der Waals surface area contributed by atoms with Crippen LogP contribution in [0.15, 0.2) is 24.3 Å². The average molecular weight is 431 g/mol. The highest BCUT2D eigenvalue weighted by Gasteiger charge is 2.28. The second kappa shape index (κ2) is 10.6. The fourth-order valence-corrected chi connectivity index (χ4v) is 5.27. The molecule has 0 radical (unpaired) electrons. The van der Waals surface area contributed by atoms with Crippen molar-refractivity contribution in [2.24, 2.45) is 11.8 Å². The number of hydrogen-bond donors (Lipinski definition) is 2. The molecule has 7 heteroatoms. The fourth-order valence-electron chi connectivity index (χ4n) is 4.29. The van der Waals surface area contributed by atoms with E-state index in [2.05, 4.69) is 32.6 Å². The van der Waals surface area contributed by atoms with E-state index in [9.17, 15) is 9.59 Å². The molecule has 1 saturated carbocycles. The Hall–Kier alpha value is -1.57. The van der Waals surface area contributed by atoms with E-state index in [0.717, 1.165) is 51.3 Å². The molecule has 2 N–H and O–H groups in total. The lowest BCUT2D eigenvalue weighted by atomic mass is 9.97. The molecule has 1 aliphatic carbocycles. The predicted molar refractivity (Wildman–Crippen MR) is 123 cm³/mol. The number of piperidine rings is 1. The van der Waals surface area contributed by atoms with Crippen LogP contribution in [0, 0.1) is 11.8 Å². The quantitative estimate of drug-likeness (QED) is 0.663. The minimum absolute atomic E-state index is 0.000520. The van der Waals surface area contributed by atoms with Crippen LogP contribution in [0.3, 0.4) is 0 Å². The van der Waals surface area contributed by atoms with E-state index < -0.39 is 0 Å². The van der Waals surface area contributed by atoms with E-state index in [4.69, 9.17) is 0 Å². The third-order valence-corrected chi connectivity index (χ3v) is 7.17. The van der Waals surface area contributed by atoms with E-state index in [1.165, 1.54) is 29.9 Å². The smallest absolute Gasteiger partial charge is 0.238 e. The zero-order valence-electron chi connectivity index (χ0n) is 17.8. The first kappa shape index (κ1) is 21.7. The monoisotopic (exact) mass is 430 g/mol. The number of anilines is 1. The van der Waals surface area contributed by atoms with Gasteiger partial charge in [0, 0.05) is 49.9 Å². The Labute approximate surface area is 184 Å². The largest absolute Gasteiger partial charge is 0.356 e. The summed E-state index contributed by atoms with van der Waals surface area (Å²) in [6.45, 7) is 5.93. The van der Waals surface area contributed by atoms with Gasteiger partial charge in [-0.05, 0) is 55.8 Å². The van der Waals surface area contributed by atoms with E-state index in [1.807, 2.05) is 23.9 Å². The van der Waals surface area contributed by atoms with Crippen molar-refractivity contribution in [3.05, 3.63) is 29.8 Å². The van der Waals surface area contributed by atoms with Gasteiger partial charge in [-0.2, -0.15) is 11.8 Å². The van der Waals surface area contributed by atoms with E-state index in [-0.39, 0.29) is 17.7 Å².